The minimum absolute atomic E-state index is 0.208. The van der Waals surface area contributed by atoms with Gasteiger partial charge in [0.2, 0.25) is 0 Å². The van der Waals surface area contributed by atoms with Gasteiger partial charge >= 0.3 is 0 Å². The van der Waals surface area contributed by atoms with Crippen LogP contribution in [0.4, 0.5) is 4.39 Å². The van der Waals surface area contributed by atoms with Gasteiger partial charge in [-0.3, -0.25) is 9.91 Å². The molecule has 0 aliphatic carbocycles. The van der Waals surface area contributed by atoms with Gasteiger partial charge in [0.05, 0.1) is 6.04 Å². The van der Waals surface area contributed by atoms with Crippen LogP contribution in [-0.4, -0.2) is 60.4 Å². The molecule has 0 saturated carbocycles. The van der Waals surface area contributed by atoms with E-state index in [-0.39, 0.29) is 11.9 Å². The van der Waals surface area contributed by atoms with Crippen LogP contribution in [-0.2, 0) is 6.42 Å². The number of hydrazine groups is 1. The molecule has 0 spiro atoms. The smallest absolute Gasteiger partial charge is 0.160 e. The lowest BCUT2D eigenvalue weighted by atomic mass is 10.0. The average molecular weight is 385 g/mol. The Kier molecular flexibility index (Phi) is 6.97. The fourth-order valence-electron chi connectivity index (χ4n) is 3.56. The number of likely N-dealkylation sites (N-methyl/N-ethyl adjacent to an activating group) is 1. The van der Waals surface area contributed by atoms with Gasteiger partial charge in [-0.05, 0) is 36.7 Å². The lowest BCUT2D eigenvalue weighted by Crippen LogP contribution is -2.52. The number of benzene rings is 2. The first kappa shape index (κ1) is 20.3. The lowest BCUT2D eigenvalue weighted by molar-refractivity contribution is 0.131. The van der Waals surface area contributed by atoms with Crippen molar-refractivity contribution in [3.8, 4) is 0 Å². The summed E-state index contributed by atoms with van der Waals surface area (Å²) in [5.74, 6) is 12.5. The quantitative estimate of drug-likeness (QED) is 0.344. The Labute approximate surface area is 166 Å². The molecule has 0 radical (unpaired) electrons. The minimum atomic E-state index is -0.263. The molecule has 4 N–H and O–H groups in total. The van der Waals surface area contributed by atoms with Crippen LogP contribution < -0.4 is 11.7 Å². The number of rotatable bonds is 6. The van der Waals surface area contributed by atoms with Gasteiger partial charge in [0.1, 0.15) is 5.82 Å². The predicted octanol–water partition coefficient (Wildman–Crippen LogP) is 1.80. The zero-order valence-corrected chi connectivity index (χ0v) is 16.3. The summed E-state index contributed by atoms with van der Waals surface area (Å²) in [5, 5.41) is 5.69. The van der Waals surface area contributed by atoms with Gasteiger partial charge in [-0.2, -0.15) is 5.10 Å². The van der Waals surface area contributed by atoms with Crippen LogP contribution in [0.2, 0.25) is 0 Å². The topological polar surface area (TPSA) is 74.1 Å². The van der Waals surface area contributed by atoms with Crippen molar-refractivity contribution in [2.75, 3.05) is 39.8 Å². The highest BCUT2D eigenvalue weighted by Crippen LogP contribution is 2.25. The number of nitrogens with zero attached hydrogens (tertiary/aromatic N) is 4. The predicted molar refractivity (Wildman–Crippen MR) is 111 cm³/mol. The zero-order chi connectivity index (χ0) is 19.9. The Hall–Kier alpha value is -2.48. The van der Waals surface area contributed by atoms with E-state index in [4.69, 9.17) is 11.7 Å². The van der Waals surface area contributed by atoms with E-state index in [0.29, 0.717) is 12.4 Å². The second-order valence-electron chi connectivity index (χ2n) is 7.21. The van der Waals surface area contributed by atoms with Gasteiger partial charge in [-0.25, -0.2) is 10.2 Å². The van der Waals surface area contributed by atoms with Crippen molar-refractivity contribution in [3.63, 3.8) is 0 Å². The molecule has 1 fully saturated rings. The maximum atomic E-state index is 13.5. The third kappa shape index (κ3) is 5.07. The summed E-state index contributed by atoms with van der Waals surface area (Å²) in [5.41, 5.74) is 2.14. The Bertz CT molecular complexity index is 756. The van der Waals surface area contributed by atoms with Crippen molar-refractivity contribution in [1.29, 1.82) is 0 Å². The van der Waals surface area contributed by atoms with E-state index in [1.807, 2.05) is 18.2 Å². The summed E-state index contributed by atoms with van der Waals surface area (Å²) in [6, 6.07) is 16.5. The zero-order valence-electron chi connectivity index (χ0n) is 16.3. The molecule has 1 atom stereocenters. The molecule has 28 heavy (non-hydrogen) atoms. The van der Waals surface area contributed by atoms with E-state index < -0.39 is 0 Å². The number of hydrazone groups is 1. The molecule has 1 unspecified atom stereocenters. The van der Waals surface area contributed by atoms with Gasteiger partial charge in [-0.1, -0.05) is 42.5 Å². The number of nitrogens with two attached hydrogens (primary N) is 2. The largest absolute Gasteiger partial charge is 0.321 e. The number of piperazine rings is 1. The van der Waals surface area contributed by atoms with Gasteiger partial charge in [0.15, 0.2) is 5.84 Å². The standard InChI is InChI=1S/C21H29FN6/c1-26-13-15-27(16-14-26)20(18-7-9-19(22)10-8-18)21(25-23)28(24)12-11-17-5-3-2-4-6-17/h2-10,20H,11-16,23-24H2,1H3/b25-21-. The van der Waals surface area contributed by atoms with E-state index in [2.05, 4.69) is 34.1 Å². The maximum absolute atomic E-state index is 13.5. The molecule has 1 heterocycles. The third-order valence-electron chi connectivity index (χ3n) is 5.24. The Morgan fingerprint density at radius 3 is 2.32 bits per heavy atom. The van der Waals surface area contributed by atoms with Crippen LogP contribution in [0.25, 0.3) is 0 Å². The van der Waals surface area contributed by atoms with Crippen molar-refractivity contribution >= 4 is 5.84 Å². The van der Waals surface area contributed by atoms with Gasteiger partial charge in [0, 0.05) is 32.7 Å². The molecule has 0 aromatic heterocycles. The monoisotopic (exact) mass is 384 g/mol. The summed E-state index contributed by atoms with van der Waals surface area (Å²) < 4.78 is 13.5. The number of hydrogen-bond acceptors (Lipinski definition) is 5. The van der Waals surface area contributed by atoms with Crippen molar-refractivity contribution in [3.05, 3.63) is 71.5 Å². The molecule has 1 aliphatic heterocycles. The van der Waals surface area contributed by atoms with E-state index in [0.717, 1.165) is 38.2 Å². The van der Waals surface area contributed by atoms with Crippen LogP contribution in [0.15, 0.2) is 59.7 Å². The van der Waals surface area contributed by atoms with Crippen molar-refractivity contribution < 1.29 is 4.39 Å². The molecule has 150 valence electrons. The summed E-state index contributed by atoms with van der Waals surface area (Å²) >= 11 is 0. The first-order chi connectivity index (χ1) is 13.6. The normalized spacial score (nSPS) is 17.5. The first-order valence-corrected chi connectivity index (χ1v) is 9.60. The van der Waals surface area contributed by atoms with Gasteiger partial charge in [-0.15, -0.1) is 0 Å². The maximum Gasteiger partial charge on any atom is 0.160 e. The fraction of sp³-hybridized carbons (Fsp3) is 0.381. The Morgan fingerprint density at radius 1 is 1.07 bits per heavy atom. The van der Waals surface area contributed by atoms with E-state index >= 15 is 0 Å². The van der Waals surface area contributed by atoms with E-state index in [1.54, 1.807) is 17.1 Å². The molecule has 0 amide bonds. The first-order valence-electron chi connectivity index (χ1n) is 9.60. The molecule has 2 aromatic rings. The highest BCUT2D eigenvalue weighted by atomic mass is 19.1. The minimum Gasteiger partial charge on any atom is -0.321 e. The molecule has 1 aliphatic rings. The van der Waals surface area contributed by atoms with Crippen molar-refractivity contribution in [1.82, 2.24) is 14.8 Å². The molecule has 1 saturated heterocycles. The van der Waals surface area contributed by atoms with E-state index in [1.165, 1.54) is 17.7 Å². The van der Waals surface area contributed by atoms with E-state index in [9.17, 15) is 4.39 Å². The molecule has 0 bridgehead atoms. The number of halogens is 1. The number of hydrogen-bond donors (Lipinski definition) is 2. The summed E-state index contributed by atoms with van der Waals surface area (Å²) in [6.45, 7) is 4.22. The van der Waals surface area contributed by atoms with Crippen LogP contribution in [0, 0.1) is 5.82 Å². The lowest BCUT2D eigenvalue weighted by Gasteiger charge is -2.40. The fourth-order valence-corrected chi connectivity index (χ4v) is 3.56. The van der Waals surface area contributed by atoms with Crippen LogP contribution in [0.1, 0.15) is 17.2 Å². The average Bonchev–Trinajstić information content (AvgIpc) is 2.73. The molecule has 3 rings (SSSR count). The van der Waals surface area contributed by atoms with Crippen LogP contribution in [0.3, 0.4) is 0 Å². The second kappa shape index (κ2) is 9.64. The second-order valence-corrected chi connectivity index (χ2v) is 7.21. The molecule has 2 aromatic carbocycles. The highest BCUT2D eigenvalue weighted by molar-refractivity contribution is 5.88. The SMILES string of the molecule is CN1CCN(C(/C(=N/N)N(N)CCc2ccccc2)c2ccc(F)cc2)CC1. The Morgan fingerprint density at radius 2 is 1.71 bits per heavy atom. The van der Waals surface area contributed by atoms with Crippen molar-refractivity contribution in [2.45, 2.75) is 12.5 Å². The van der Waals surface area contributed by atoms with Gasteiger partial charge in [0.25, 0.3) is 0 Å². The van der Waals surface area contributed by atoms with Gasteiger partial charge < -0.3 is 10.7 Å². The summed E-state index contributed by atoms with van der Waals surface area (Å²) in [4.78, 5) is 4.59. The molecular formula is C21H29FN6. The Balaban J connectivity index is 1.80. The van der Waals surface area contributed by atoms with Crippen molar-refractivity contribution in [2.24, 2.45) is 16.8 Å². The highest BCUT2D eigenvalue weighted by Gasteiger charge is 2.30. The molecule has 6 nitrogen and oxygen atoms in total. The van der Waals surface area contributed by atoms with Crippen LogP contribution in [0.5, 0.6) is 0 Å². The summed E-state index contributed by atoms with van der Waals surface area (Å²) in [7, 11) is 2.11. The number of amidine groups is 1. The third-order valence-corrected chi connectivity index (χ3v) is 5.24. The van der Waals surface area contributed by atoms with Crippen LogP contribution >= 0.6 is 0 Å². The summed E-state index contributed by atoms with van der Waals surface area (Å²) in [6.07, 6.45) is 0.787. The molecule has 7 heteroatoms. The molecular weight excluding hydrogens is 355 g/mol.